The lowest BCUT2D eigenvalue weighted by molar-refractivity contribution is -0.132. The van der Waals surface area contributed by atoms with Crippen LogP contribution in [0.15, 0.2) is 66.4 Å². The first-order valence-corrected chi connectivity index (χ1v) is 13.2. The van der Waals surface area contributed by atoms with Crippen LogP contribution in [0.5, 0.6) is 0 Å². The standard InChI is InChI=1S/C29H38N6O6/c1-18(19-7-9-21(10-8-19)20-5-3-2-4-6-20)17-22(41-33)11-16-27(38)34-24(13-15-26(31)37)29(40)35-23(28(32)39)12-14-25(30)36/h2-10,17-18,23-24H,11-16,33H2,1H3,(H2,30,36)(H2,31,37)(H2,32,39)(H,34,38)(H,35,40). The maximum atomic E-state index is 12.8. The van der Waals surface area contributed by atoms with Crippen molar-refractivity contribution in [1.29, 1.82) is 0 Å². The summed E-state index contributed by atoms with van der Waals surface area (Å²) in [6.07, 6.45) is 1.26. The number of hydrogen-bond acceptors (Lipinski definition) is 7. The van der Waals surface area contributed by atoms with E-state index < -0.39 is 41.6 Å². The summed E-state index contributed by atoms with van der Waals surface area (Å²) in [5.74, 6) is 2.26. The molecule has 0 aliphatic carbocycles. The van der Waals surface area contributed by atoms with Gasteiger partial charge in [0, 0.05) is 31.6 Å². The topological polar surface area (TPSA) is 223 Å². The molecule has 0 aromatic heterocycles. The fourth-order valence-electron chi connectivity index (χ4n) is 4.07. The molecular weight excluding hydrogens is 528 g/mol. The summed E-state index contributed by atoms with van der Waals surface area (Å²) in [4.78, 5) is 64.6. The number of hydrogen-bond donors (Lipinski definition) is 6. The van der Waals surface area contributed by atoms with E-state index in [0.717, 1.165) is 16.7 Å². The summed E-state index contributed by atoms with van der Waals surface area (Å²) in [5.41, 5.74) is 18.8. The predicted molar refractivity (Wildman–Crippen MR) is 153 cm³/mol. The van der Waals surface area contributed by atoms with Gasteiger partial charge in [0.25, 0.3) is 0 Å². The fraction of sp³-hybridized carbons (Fsp3) is 0.345. The molecule has 3 atom stereocenters. The average molecular weight is 567 g/mol. The van der Waals surface area contributed by atoms with Crippen LogP contribution in [0.1, 0.15) is 56.9 Å². The highest BCUT2D eigenvalue weighted by atomic mass is 16.6. The maximum Gasteiger partial charge on any atom is 0.243 e. The van der Waals surface area contributed by atoms with Gasteiger partial charge in [-0.25, -0.2) is 0 Å². The molecule has 0 spiro atoms. The number of nitrogens with two attached hydrogens (primary N) is 4. The molecule has 12 heteroatoms. The highest BCUT2D eigenvalue weighted by Crippen LogP contribution is 2.24. The Morgan fingerprint density at radius 1 is 0.756 bits per heavy atom. The van der Waals surface area contributed by atoms with Gasteiger partial charge in [-0.3, -0.25) is 24.0 Å². The van der Waals surface area contributed by atoms with Gasteiger partial charge < -0.3 is 32.7 Å². The van der Waals surface area contributed by atoms with Crippen LogP contribution in [0.2, 0.25) is 0 Å². The third kappa shape index (κ3) is 11.5. The second-order valence-corrected chi connectivity index (χ2v) is 9.62. The first-order chi connectivity index (χ1) is 19.5. The fourth-order valence-corrected chi connectivity index (χ4v) is 4.07. The van der Waals surface area contributed by atoms with Crippen LogP contribution < -0.4 is 33.7 Å². The van der Waals surface area contributed by atoms with Gasteiger partial charge in [0.2, 0.25) is 29.5 Å². The van der Waals surface area contributed by atoms with Gasteiger partial charge >= 0.3 is 0 Å². The van der Waals surface area contributed by atoms with Gasteiger partial charge in [0.05, 0.1) is 0 Å². The third-order valence-corrected chi connectivity index (χ3v) is 6.40. The monoisotopic (exact) mass is 566 g/mol. The maximum absolute atomic E-state index is 12.8. The first kappa shape index (κ1) is 32.5. The van der Waals surface area contributed by atoms with Gasteiger partial charge in [0.1, 0.15) is 17.8 Å². The molecule has 41 heavy (non-hydrogen) atoms. The van der Waals surface area contributed by atoms with Crippen LogP contribution in [-0.4, -0.2) is 41.6 Å². The molecule has 12 nitrogen and oxygen atoms in total. The third-order valence-electron chi connectivity index (χ3n) is 6.40. The number of primary amides is 3. The zero-order valence-electron chi connectivity index (χ0n) is 23.0. The molecular formula is C29H38N6O6. The lowest BCUT2D eigenvalue weighted by Gasteiger charge is -2.21. The van der Waals surface area contributed by atoms with E-state index in [-0.39, 0.29) is 44.4 Å². The molecule has 0 saturated carbocycles. The number of benzene rings is 2. The lowest BCUT2D eigenvalue weighted by atomic mass is 9.96. The molecule has 3 unspecified atom stereocenters. The van der Waals surface area contributed by atoms with E-state index in [1.807, 2.05) is 61.5 Å². The van der Waals surface area contributed by atoms with Crippen LogP contribution in [0.3, 0.4) is 0 Å². The number of rotatable bonds is 17. The average Bonchev–Trinajstić information content (AvgIpc) is 2.95. The molecule has 220 valence electrons. The van der Waals surface area contributed by atoms with Gasteiger partial charge in [0.15, 0.2) is 0 Å². The summed E-state index contributed by atoms with van der Waals surface area (Å²) < 4.78 is 0. The van der Waals surface area contributed by atoms with Crippen molar-refractivity contribution in [2.45, 2.75) is 63.5 Å². The Bertz CT molecular complexity index is 1230. The minimum Gasteiger partial charge on any atom is -0.416 e. The van der Waals surface area contributed by atoms with Crippen LogP contribution >= 0.6 is 0 Å². The Kier molecular flexibility index (Phi) is 13.0. The van der Waals surface area contributed by atoms with Gasteiger partial charge in [-0.05, 0) is 35.6 Å². The second-order valence-electron chi connectivity index (χ2n) is 9.62. The Morgan fingerprint density at radius 3 is 1.85 bits per heavy atom. The molecule has 2 aromatic carbocycles. The molecule has 10 N–H and O–H groups in total. The van der Waals surface area contributed by atoms with Crippen molar-refractivity contribution in [2.75, 3.05) is 0 Å². The Morgan fingerprint density at radius 2 is 1.32 bits per heavy atom. The number of nitrogens with one attached hydrogen (secondary N) is 2. The molecule has 0 aliphatic heterocycles. The Labute approximate surface area is 238 Å². The number of amides is 5. The zero-order chi connectivity index (χ0) is 30.4. The predicted octanol–water partition coefficient (Wildman–Crippen LogP) is 0.997. The SMILES string of the molecule is CC(C=C(CCC(=O)NC(CCC(N)=O)C(=O)NC(CCC(N)=O)C(N)=O)ON)c1ccc(-c2ccccc2)cc1. The number of carbonyl (C=O) groups excluding carboxylic acids is 5. The normalized spacial score (nSPS) is 13.4. The largest absolute Gasteiger partial charge is 0.416 e. The van der Waals surface area contributed by atoms with Gasteiger partial charge in [-0.2, -0.15) is 5.90 Å². The van der Waals surface area contributed by atoms with E-state index in [2.05, 4.69) is 10.6 Å². The van der Waals surface area contributed by atoms with Crippen molar-refractivity contribution in [3.63, 3.8) is 0 Å². The molecule has 5 amide bonds. The molecule has 0 aliphatic rings. The van der Waals surface area contributed by atoms with Crippen molar-refractivity contribution in [2.24, 2.45) is 23.1 Å². The molecule has 0 heterocycles. The lowest BCUT2D eigenvalue weighted by Crippen LogP contribution is -2.53. The molecule has 0 radical (unpaired) electrons. The zero-order valence-corrected chi connectivity index (χ0v) is 23.0. The van der Waals surface area contributed by atoms with Crippen LogP contribution in [-0.2, 0) is 28.8 Å². The number of carbonyl (C=O) groups is 5. The van der Waals surface area contributed by atoms with Gasteiger partial charge in [-0.1, -0.05) is 61.5 Å². The summed E-state index contributed by atoms with van der Waals surface area (Å²) >= 11 is 0. The molecule has 0 saturated heterocycles. The molecule has 0 fully saturated rings. The molecule has 2 aromatic rings. The Balaban J connectivity index is 2.01. The van der Waals surface area contributed by atoms with Crippen LogP contribution in [0.25, 0.3) is 11.1 Å². The molecule has 2 rings (SSSR count). The van der Waals surface area contributed by atoms with Crippen molar-refractivity contribution in [3.05, 3.63) is 72.0 Å². The van der Waals surface area contributed by atoms with Crippen LogP contribution in [0, 0.1) is 0 Å². The quantitative estimate of drug-likeness (QED) is 0.120. The number of allylic oxidation sites excluding steroid dienone is 2. The Hall–Kier alpha value is -4.71. The first-order valence-electron chi connectivity index (χ1n) is 13.2. The van der Waals surface area contributed by atoms with Crippen molar-refractivity contribution < 1.29 is 28.8 Å². The van der Waals surface area contributed by atoms with Crippen LogP contribution in [0.4, 0.5) is 0 Å². The summed E-state index contributed by atoms with van der Waals surface area (Å²) in [5, 5.41) is 4.93. The van der Waals surface area contributed by atoms with E-state index >= 15 is 0 Å². The highest BCUT2D eigenvalue weighted by Gasteiger charge is 2.26. The van der Waals surface area contributed by atoms with E-state index in [1.165, 1.54) is 0 Å². The van der Waals surface area contributed by atoms with E-state index in [9.17, 15) is 24.0 Å². The summed E-state index contributed by atoms with van der Waals surface area (Å²) in [7, 11) is 0. The minimum atomic E-state index is -1.19. The smallest absolute Gasteiger partial charge is 0.243 e. The second kappa shape index (κ2) is 16.4. The minimum absolute atomic E-state index is 0.0679. The van der Waals surface area contributed by atoms with E-state index in [0.29, 0.717) is 5.76 Å². The van der Waals surface area contributed by atoms with E-state index in [4.69, 9.17) is 27.9 Å². The van der Waals surface area contributed by atoms with Gasteiger partial charge in [-0.15, -0.1) is 0 Å². The van der Waals surface area contributed by atoms with Crippen molar-refractivity contribution in [3.8, 4) is 11.1 Å². The summed E-state index contributed by atoms with van der Waals surface area (Å²) in [6, 6.07) is 15.7. The van der Waals surface area contributed by atoms with Crippen molar-refractivity contribution >= 4 is 29.5 Å². The summed E-state index contributed by atoms with van der Waals surface area (Å²) in [6.45, 7) is 1.97. The van der Waals surface area contributed by atoms with E-state index in [1.54, 1.807) is 6.08 Å². The van der Waals surface area contributed by atoms with Crippen molar-refractivity contribution in [1.82, 2.24) is 10.6 Å². The molecule has 0 bridgehead atoms. The highest BCUT2D eigenvalue weighted by molar-refractivity contribution is 5.92.